The fourth-order valence-corrected chi connectivity index (χ4v) is 8.02. The summed E-state index contributed by atoms with van der Waals surface area (Å²) >= 11 is 0. The van der Waals surface area contributed by atoms with E-state index in [0.717, 1.165) is 83.5 Å². The van der Waals surface area contributed by atoms with Crippen LogP contribution in [0.4, 0.5) is 0 Å². The van der Waals surface area contributed by atoms with Crippen molar-refractivity contribution in [2.24, 2.45) is 0 Å². The summed E-state index contributed by atoms with van der Waals surface area (Å²) in [6.07, 6.45) is 68.1. The third-order valence-electron chi connectivity index (χ3n) is 11.3. The van der Waals surface area contributed by atoms with Gasteiger partial charge in [-0.2, -0.15) is 0 Å². The molecule has 0 heterocycles. The predicted octanol–water partition coefficient (Wildman–Crippen LogP) is 16.3. The average molecular weight is 958 g/mol. The van der Waals surface area contributed by atoms with Crippen LogP contribution in [0, 0.1) is 0 Å². The van der Waals surface area contributed by atoms with Gasteiger partial charge in [-0.1, -0.05) is 214 Å². The lowest BCUT2D eigenvalue weighted by Crippen LogP contribution is -2.27. The van der Waals surface area contributed by atoms with E-state index >= 15 is 0 Å². The van der Waals surface area contributed by atoms with E-state index in [9.17, 15) is 24.2 Å². The minimum absolute atomic E-state index is 0.0712. The molecular formula is C57H100NO8P. The third kappa shape index (κ3) is 54.0. The molecule has 0 spiro atoms. The van der Waals surface area contributed by atoms with Crippen LogP contribution in [-0.2, 0) is 27.9 Å². The zero-order chi connectivity index (χ0) is 48.8. The van der Waals surface area contributed by atoms with Crippen molar-refractivity contribution in [2.75, 3.05) is 26.4 Å². The summed E-state index contributed by atoms with van der Waals surface area (Å²) in [7, 11) is -4.43. The standard InChI is InChI=1S/C57H100NO8P/c1-3-5-7-9-11-13-15-17-19-21-23-25-27-29-31-33-35-37-39-41-43-45-47-49-56(60)58-51-52-65-67(62,63)66-54-55(59)53-64-57(61)50-48-46-44-42-40-38-36-34-32-30-28-26-24-22-20-18-16-14-12-10-8-6-4-2/h5,7,11-14,17-20,23,25,29,31,55,59H,3-4,6,8-10,15-16,21-22,24,26-28,30,32-54H2,1-2H3,(H,58,60)(H,62,63)/b7-5-,13-11-,14-12-,19-17-,20-18-,25-23-,31-29-. The summed E-state index contributed by atoms with van der Waals surface area (Å²) in [5.41, 5.74) is 0. The molecule has 0 aromatic rings. The maximum absolute atomic E-state index is 12.2. The molecule has 386 valence electrons. The molecule has 2 atom stereocenters. The second kappa shape index (κ2) is 52.6. The van der Waals surface area contributed by atoms with E-state index in [1.165, 1.54) is 122 Å². The molecule has 0 radical (unpaired) electrons. The molecule has 0 bridgehead atoms. The smallest absolute Gasteiger partial charge is 0.463 e. The quantitative estimate of drug-likeness (QED) is 0.0238. The molecule has 0 rings (SSSR count). The topological polar surface area (TPSA) is 131 Å². The van der Waals surface area contributed by atoms with E-state index in [4.69, 9.17) is 13.8 Å². The van der Waals surface area contributed by atoms with Gasteiger partial charge in [0, 0.05) is 19.4 Å². The number of amides is 1. The number of nitrogens with one attached hydrogen (secondary N) is 1. The summed E-state index contributed by atoms with van der Waals surface area (Å²) in [5, 5.41) is 12.8. The van der Waals surface area contributed by atoms with Gasteiger partial charge in [0.05, 0.1) is 13.2 Å². The summed E-state index contributed by atoms with van der Waals surface area (Å²) in [4.78, 5) is 34.1. The molecule has 10 heteroatoms. The Labute approximate surface area is 411 Å². The van der Waals surface area contributed by atoms with E-state index in [1.807, 2.05) is 0 Å². The zero-order valence-corrected chi connectivity index (χ0v) is 43.7. The summed E-state index contributed by atoms with van der Waals surface area (Å²) in [6, 6.07) is 0. The fraction of sp³-hybridized carbons (Fsp3) is 0.719. The first-order valence-electron chi connectivity index (χ1n) is 27.1. The van der Waals surface area contributed by atoms with Crippen LogP contribution in [-0.4, -0.2) is 54.3 Å². The molecule has 0 aliphatic carbocycles. The molecule has 0 aliphatic rings. The first-order chi connectivity index (χ1) is 32.8. The second-order valence-corrected chi connectivity index (χ2v) is 19.3. The number of aliphatic hydroxyl groups excluding tert-OH is 1. The number of hydrogen-bond acceptors (Lipinski definition) is 7. The van der Waals surface area contributed by atoms with Gasteiger partial charge in [-0.15, -0.1) is 0 Å². The van der Waals surface area contributed by atoms with Gasteiger partial charge in [-0.3, -0.25) is 18.6 Å². The molecule has 0 aromatic carbocycles. The van der Waals surface area contributed by atoms with Crippen molar-refractivity contribution in [3.05, 3.63) is 85.1 Å². The van der Waals surface area contributed by atoms with E-state index in [-0.39, 0.29) is 32.1 Å². The highest BCUT2D eigenvalue weighted by molar-refractivity contribution is 7.47. The Morgan fingerprint density at radius 1 is 0.478 bits per heavy atom. The van der Waals surface area contributed by atoms with Gasteiger partial charge >= 0.3 is 13.8 Å². The van der Waals surface area contributed by atoms with E-state index in [0.29, 0.717) is 6.42 Å². The lowest BCUT2D eigenvalue weighted by atomic mass is 10.0. The lowest BCUT2D eigenvalue weighted by Gasteiger charge is -2.15. The number of phosphoric acid groups is 1. The van der Waals surface area contributed by atoms with Crippen LogP contribution >= 0.6 is 7.82 Å². The molecular weight excluding hydrogens is 858 g/mol. The van der Waals surface area contributed by atoms with Gasteiger partial charge in [0.15, 0.2) is 0 Å². The fourth-order valence-electron chi connectivity index (χ4n) is 7.26. The molecule has 0 saturated heterocycles. The number of carbonyl (C=O) groups excluding carboxylic acids is 2. The van der Waals surface area contributed by atoms with Crippen LogP contribution in [0.25, 0.3) is 0 Å². The van der Waals surface area contributed by atoms with Gasteiger partial charge in [-0.25, -0.2) is 4.57 Å². The number of carbonyl (C=O) groups is 2. The first-order valence-corrected chi connectivity index (χ1v) is 28.6. The van der Waals surface area contributed by atoms with E-state index < -0.39 is 26.5 Å². The van der Waals surface area contributed by atoms with E-state index in [2.05, 4.69) is 104 Å². The highest BCUT2D eigenvalue weighted by Crippen LogP contribution is 2.42. The zero-order valence-electron chi connectivity index (χ0n) is 42.8. The van der Waals surface area contributed by atoms with Crippen molar-refractivity contribution in [2.45, 2.75) is 238 Å². The Kier molecular flexibility index (Phi) is 50.4. The number of ether oxygens (including phenoxy) is 1. The maximum atomic E-state index is 12.2. The normalized spacial score (nSPS) is 13.8. The predicted molar refractivity (Wildman–Crippen MR) is 284 cm³/mol. The van der Waals surface area contributed by atoms with Crippen LogP contribution in [0.5, 0.6) is 0 Å². The highest BCUT2D eigenvalue weighted by atomic mass is 31.2. The summed E-state index contributed by atoms with van der Waals surface area (Å²) in [5.74, 6) is -0.528. The SMILES string of the molecule is CC/C=C\C/C=C\C/C=C\C/C=C\C/C=C\CCCCCCCCCC(=O)NCCOP(=O)(O)OCC(O)COC(=O)CCCCCCCCCCCCCCC/C=C\C/C=C\CCCCC. The Morgan fingerprint density at radius 3 is 1.28 bits per heavy atom. The Bertz CT molecular complexity index is 1370. The molecule has 9 nitrogen and oxygen atoms in total. The minimum Gasteiger partial charge on any atom is -0.463 e. The monoisotopic (exact) mass is 958 g/mol. The first kappa shape index (κ1) is 64.2. The van der Waals surface area contributed by atoms with Crippen molar-refractivity contribution < 1.29 is 37.9 Å². The number of hydrogen-bond donors (Lipinski definition) is 3. The van der Waals surface area contributed by atoms with Gasteiger partial charge in [0.2, 0.25) is 5.91 Å². The number of phosphoric ester groups is 1. The van der Waals surface area contributed by atoms with Crippen LogP contribution in [0.1, 0.15) is 232 Å². The molecule has 0 fully saturated rings. The Hall–Kier alpha value is -2.81. The van der Waals surface area contributed by atoms with Crippen LogP contribution in [0.3, 0.4) is 0 Å². The Balaban J connectivity index is 3.58. The molecule has 0 aromatic heterocycles. The van der Waals surface area contributed by atoms with Crippen LogP contribution < -0.4 is 5.32 Å². The molecule has 67 heavy (non-hydrogen) atoms. The number of allylic oxidation sites excluding steroid dienone is 14. The van der Waals surface area contributed by atoms with Gasteiger partial charge in [0.25, 0.3) is 0 Å². The van der Waals surface area contributed by atoms with Crippen molar-refractivity contribution in [1.29, 1.82) is 0 Å². The molecule has 3 N–H and O–H groups in total. The van der Waals surface area contributed by atoms with Crippen molar-refractivity contribution in [3.63, 3.8) is 0 Å². The van der Waals surface area contributed by atoms with Gasteiger partial charge in [-0.05, 0) is 89.9 Å². The molecule has 1 amide bonds. The van der Waals surface area contributed by atoms with Gasteiger partial charge < -0.3 is 20.1 Å². The molecule has 2 unspecified atom stereocenters. The van der Waals surface area contributed by atoms with E-state index in [1.54, 1.807) is 0 Å². The third-order valence-corrected chi connectivity index (χ3v) is 12.3. The van der Waals surface area contributed by atoms with Gasteiger partial charge in [0.1, 0.15) is 12.7 Å². The summed E-state index contributed by atoms with van der Waals surface area (Å²) < 4.78 is 27.0. The van der Waals surface area contributed by atoms with Crippen LogP contribution in [0.2, 0.25) is 0 Å². The average Bonchev–Trinajstić information content (AvgIpc) is 3.32. The summed E-state index contributed by atoms with van der Waals surface area (Å²) in [6.45, 7) is 3.42. The van der Waals surface area contributed by atoms with Crippen LogP contribution in [0.15, 0.2) is 85.1 Å². The number of rotatable bonds is 50. The Morgan fingerprint density at radius 2 is 0.851 bits per heavy atom. The maximum Gasteiger partial charge on any atom is 0.472 e. The highest BCUT2D eigenvalue weighted by Gasteiger charge is 2.23. The van der Waals surface area contributed by atoms with Crippen molar-refractivity contribution in [1.82, 2.24) is 5.32 Å². The largest absolute Gasteiger partial charge is 0.472 e. The molecule has 0 aliphatic heterocycles. The minimum atomic E-state index is -4.43. The molecule has 0 saturated carbocycles. The number of esters is 1. The second-order valence-electron chi connectivity index (χ2n) is 17.8. The lowest BCUT2D eigenvalue weighted by molar-refractivity contribution is -0.147. The van der Waals surface area contributed by atoms with Crippen molar-refractivity contribution in [3.8, 4) is 0 Å². The number of aliphatic hydroxyl groups is 1. The van der Waals surface area contributed by atoms with Crippen molar-refractivity contribution >= 4 is 19.7 Å². The number of unbranched alkanes of at least 4 members (excludes halogenated alkanes) is 23.